The lowest BCUT2D eigenvalue weighted by Gasteiger charge is -2.35. The molecule has 108 valence electrons. The van der Waals surface area contributed by atoms with Crippen LogP contribution in [0.1, 0.15) is 52.0 Å². The molecule has 0 N–H and O–H groups in total. The number of aryl methyl sites for hydroxylation is 2. The normalized spacial score (nSPS) is 23.2. The zero-order chi connectivity index (χ0) is 14.6. The predicted octanol–water partition coefficient (Wildman–Crippen LogP) is 1.98. The number of rotatable bonds is 1. The van der Waals surface area contributed by atoms with Gasteiger partial charge in [-0.25, -0.2) is 9.97 Å². The smallest absolute Gasteiger partial charge is 0.260 e. The first-order valence-electron chi connectivity index (χ1n) is 7.21. The molecule has 6 nitrogen and oxygen atoms in total. The number of nitrogens with zero attached hydrogens (tertiary/aromatic N) is 4. The van der Waals surface area contributed by atoms with Gasteiger partial charge in [0.1, 0.15) is 17.7 Å². The molecule has 2 aliphatic rings. The molecule has 2 atom stereocenters. The van der Waals surface area contributed by atoms with E-state index in [1.807, 2.05) is 18.0 Å². The first-order valence-corrected chi connectivity index (χ1v) is 7.21. The van der Waals surface area contributed by atoms with E-state index in [2.05, 4.69) is 15.1 Å². The lowest BCUT2D eigenvalue weighted by atomic mass is 9.98. The first-order chi connectivity index (χ1) is 10.2. The van der Waals surface area contributed by atoms with Gasteiger partial charge in [0, 0.05) is 24.2 Å². The largest absolute Gasteiger partial charge is 0.361 e. The Hall–Kier alpha value is -2.24. The van der Waals surface area contributed by atoms with Gasteiger partial charge in [-0.1, -0.05) is 5.16 Å². The van der Waals surface area contributed by atoms with E-state index in [9.17, 15) is 4.79 Å². The lowest BCUT2D eigenvalue weighted by Crippen LogP contribution is -2.42. The molecule has 2 unspecified atom stereocenters. The number of amides is 1. The Morgan fingerprint density at radius 3 is 3.00 bits per heavy atom. The zero-order valence-electron chi connectivity index (χ0n) is 12.0. The number of hydrogen-bond acceptors (Lipinski definition) is 5. The third kappa shape index (κ3) is 1.71. The van der Waals surface area contributed by atoms with Crippen molar-refractivity contribution in [3.05, 3.63) is 40.8 Å². The monoisotopic (exact) mass is 284 g/mol. The van der Waals surface area contributed by atoms with Gasteiger partial charge in [0.25, 0.3) is 5.91 Å². The number of fused-ring (bicyclic) bond motifs is 4. The molecule has 1 amide bonds. The Labute approximate surface area is 122 Å². The van der Waals surface area contributed by atoms with Crippen LogP contribution in [0.5, 0.6) is 0 Å². The maximum absolute atomic E-state index is 13.0. The van der Waals surface area contributed by atoms with Gasteiger partial charge in [0.2, 0.25) is 0 Å². The molecular weight excluding hydrogens is 268 g/mol. The minimum atomic E-state index is 0.0215. The fourth-order valence-electron chi connectivity index (χ4n) is 3.65. The second kappa shape index (κ2) is 4.38. The summed E-state index contributed by atoms with van der Waals surface area (Å²) < 4.78 is 5.15. The quantitative estimate of drug-likeness (QED) is 0.800. The summed E-state index contributed by atoms with van der Waals surface area (Å²) in [7, 11) is 0. The summed E-state index contributed by atoms with van der Waals surface area (Å²) in [6.45, 7) is 3.60. The molecule has 0 aromatic carbocycles. The fourth-order valence-corrected chi connectivity index (χ4v) is 3.65. The van der Waals surface area contributed by atoms with Crippen LogP contribution >= 0.6 is 0 Å². The van der Waals surface area contributed by atoms with E-state index in [1.165, 1.54) is 0 Å². The van der Waals surface area contributed by atoms with Crippen LogP contribution in [-0.2, 0) is 6.42 Å². The third-order valence-electron chi connectivity index (χ3n) is 4.60. The Morgan fingerprint density at radius 2 is 2.24 bits per heavy atom. The van der Waals surface area contributed by atoms with Crippen molar-refractivity contribution in [2.24, 2.45) is 0 Å². The molecule has 1 saturated heterocycles. The van der Waals surface area contributed by atoms with E-state index in [0.29, 0.717) is 17.0 Å². The van der Waals surface area contributed by atoms with Gasteiger partial charge in [-0.05, 0) is 26.7 Å². The van der Waals surface area contributed by atoms with Crippen molar-refractivity contribution in [2.45, 2.75) is 45.2 Å². The van der Waals surface area contributed by atoms with Crippen molar-refractivity contribution >= 4 is 5.91 Å². The number of carbonyl (C=O) groups excluding carboxylic acids is 1. The third-order valence-corrected chi connectivity index (χ3v) is 4.60. The van der Waals surface area contributed by atoms with E-state index < -0.39 is 0 Å². The van der Waals surface area contributed by atoms with Crippen LogP contribution in [0.15, 0.2) is 17.0 Å². The highest BCUT2D eigenvalue weighted by molar-refractivity contribution is 5.97. The predicted molar refractivity (Wildman–Crippen MR) is 73.6 cm³/mol. The summed E-state index contributed by atoms with van der Waals surface area (Å²) in [4.78, 5) is 23.4. The minimum absolute atomic E-state index is 0.0215. The molecule has 4 rings (SSSR count). The van der Waals surface area contributed by atoms with Gasteiger partial charge >= 0.3 is 0 Å². The molecule has 4 heterocycles. The molecule has 21 heavy (non-hydrogen) atoms. The maximum atomic E-state index is 13.0. The Balaban J connectivity index is 1.76. The van der Waals surface area contributed by atoms with Crippen LogP contribution in [0.2, 0.25) is 0 Å². The second-order valence-electron chi connectivity index (χ2n) is 5.79. The first kappa shape index (κ1) is 12.5. The van der Waals surface area contributed by atoms with Gasteiger partial charge in [-0.2, -0.15) is 0 Å². The molecule has 6 heteroatoms. The molecule has 2 bridgehead atoms. The van der Waals surface area contributed by atoms with Gasteiger partial charge < -0.3 is 9.42 Å². The SMILES string of the molecule is Cc1noc(C)c1C(=O)N1C2CCC1c1cncnc1C2. The summed E-state index contributed by atoms with van der Waals surface area (Å²) in [5.74, 6) is 0.611. The van der Waals surface area contributed by atoms with E-state index in [-0.39, 0.29) is 18.0 Å². The highest BCUT2D eigenvalue weighted by Gasteiger charge is 2.44. The van der Waals surface area contributed by atoms with E-state index in [1.54, 1.807) is 13.3 Å². The maximum Gasteiger partial charge on any atom is 0.260 e. The molecule has 2 aromatic rings. The second-order valence-corrected chi connectivity index (χ2v) is 5.79. The molecular formula is C15H16N4O2. The van der Waals surface area contributed by atoms with Crippen LogP contribution in [0.25, 0.3) is 0 Å². The van der Waals surface area contributed by atoms with Crippen LogP contribution in [-0.4, -0.2) is 32.0 Å². The average Bonchev–Trinajstić information content (AvgIpc) is 2.98. The van der Waals surface area contributed by atoms with Crippen molar-refractivity contribution in [1.29, 1.82) is 0 Å². The summed E-state index contributed by atoms with van der Waals surface area (Å²) in [5, 5.41) is 3.90. The molecule has 0 radical (unpaired) electrons. The van der Waals surface area contributed by atoms with Crippen LogP contribution in [0.4, 0.5) is 0 Å². The number of carbonyl (C=O) groups is 1. The van der Waals surface area contributed by atoms with Crippen molar-refractivity contribution in [3.63, 3.8) is 0 Å². The Kier molecular flexibility index (Phi) is 2.60. The molecule has 0 spiro atoms. The van der Waals surface area contributed by atoms with Crippen LogP contribution < -0.4 is 0 Å². The molecule has 1 fully saturated rings. The van der Waals surface area contributed by atoms with Gasteiger partial charge in [0.05, 0.1) is 17.4 Å². The summed E-state index contributed by atoms with van der Waals surface area (Å²) >= 11 is 0. The highest BCUT2D eigenvalue weighted by Crippen LogP contribution is 2.43. The number of aromatic nitrogens is 3. The Morgan fingerprint density at radius 1 is 1.38 bits per heavy atom. The molecule has 0 saturated carbocycles. The van der Waals surface area contributed by atoms with E-state index >= 15 is 0 Å². The Bertz CT molecular complexity index is 705. The van der Waals surface area contributed by atoms with Crippen molar-refractivity contribution < 1.29 is 9.32 Å². The standard InChI is InChI=1S/C15H16N4O2/c1-8-14(9(2)21-18-8)15(20)19-10-3-4-13(19)11-6-16-7-17-12(11)5-10/h6-7,10,13H,3-5H2,1-2H3. The fraction of sp³-hybridized carbons (Fsp3) is 0.467. The average molecular weight is 284 g/mol. The van der Waals surface area contributed by atoms with Gasteiger partial charge in [0.15, 0.2) is 0 Å². The molecule has 2 aromatic heterocycles. The van der Waals surface area contributed by atoms with Crippen LogP contribution in [0.3, 0.4) is 0 Å². The lowest BCUT2D eigenvalue weighted by molar-refractivity contribution is 0.0641. The zero-order valence-corrected chi connectivity index (χ0v) is 12.0. The summed E-state index contributed by atoms with van der Waals surface area (Å²) in [5.41, 5.74) is 3.44. The molecule has 2 aliphatic heterocycles. The van der Waals surface area contributed by atoms with Crippen LogP contribution in [0, 0.1) is 13.8 Å². The summed E-state index contributed by atoms with van der Waals surface area (Å²) in [6, 6.07) is 0.305. The van der Waals surface area contributed by atoms with E-state index in [4.69, 9.17) is 4.52 Å². The topological polar surface area (TPSA) is 72.1 Å². The summed E-state index contributed by atoms with van der Waals surface area (Å²) in [6.07, 6.45) is 6.23. The highest BCUT2D eigenvalue weighted by atomic mass is 16.5. The van der Waals surface area contributed by atoms with E-state index in [0.717, 1.165) is 30.5 Å². The van der Waals surface area contributed by atoms with Gasteiger partial charge in [-0.15, -0.1) is 0 Å². The minimum Gasteiger partial charge on any atom is -0.361 e. The van der Waals surface area contributed by atoms with Crippen molar-refractivity contribution in [2.75, 3.05) is 0 Å². The number of hydrogen-bond donors (Lipinski definition) is 0. The van der Waals surface area contributed by atoms with Gasteiger partial charge in [-0.3, -0.25) is 4.79 Å². The van der Waals surface area contributed by atoms with Crippen molar-refractivity contribution in [1.82, 2.24) is 20.0 Å². The molecule has 0 aliphatic carbocycles. The van der Waals surface area contributed by atoms with Crippen molar-refractivity contribution in [3.8, 4) is 0 Å².